The van der Waals surface area contributed by atoms with Gasteiger partial charge in [0.15, 0.2) is 11.6 Å². The first-order chi connectivity index (χ1) is 13.6. The van der Waals surface area contributed by atoms with Gasteiger partial charge in [0, 0.05) is 21.0 Å². The highest BCUT2D eigenvalue weighted by Gasteiger charge is 2.09. The summed E-state index contributed by atoms with van der Waals surface area (Å²) in [5, 5.41) is 15.1. The zero-order chi connectivity index (χ0) is 19.5. The summed E-state index contributed by atoms with van der Waals surface area (Å²) in [6.45, 7) is 2.05. The van der Waals surface area contributed by atoms with E-state index >= 15 is 0 Å². The molecule has 0 amide bonds. The van der Waals surface area contributed by atoms with Crippen LogP contribution in [-0.2, 0) is 0 Å². The predicted octanol–water partition coefficient (Wildman–Crippen LogP) is 5.52. The number of para-hydroxylation sites is 1. The van der Waals surface area contributed by atoms with Crippen LogP contribution in [0.1, 0.15) is 11.1 Å². The van der Waals surface area contributed by atoms with E-state index in [2.05, 4.69) is 36.4 Å². The molecule has 4 aromatic rings. The lowest BCUT2D eigenvalue weighted by Gasteiger charge is -2.08. The first-order valence-electron chi connectivity index (χ1n) is 8.71. The quantitative estimate of drug-likeness (QED) is 0.329. The van der Waals surface area contributed by atoms with Crippen LogP contribution < -0.4 is 5.43 Å². The van der Waals surface area contributed by atoms with Crippen molar-refractivity contribution >= 4 is 38.9 Å². The number of rotatable bonds is 4. The summed E-state index contributed by atoms with van der Waals surface area (Å²) < 4.78 is 0.862. The van der Waals surface area contributed by atoms with Crippen molar-refractivity contribution in [3.63, 3.8) is 0 Å². The lowest BCUT2D eigenvalue weighted by Crippen LogP contribution is -1.99. The van der Waals surface area contributed by atoms with Gasteiger partial charge in [-0.05, 0) is 37.3 Å². The van der Waals surface area contributed by atoms with Crippen LogP contribution in [0.3, 0.4) is 0 Å². The van der Waals surface area contributed by atoms with Gasteiger partial charge in [-0.15, -0.1) is 0 Å². The molecule has 0 fully saturated rings. The van der Waals surface area contributed by atoms with Gasteiger partial charge < -0.3 is 5.11 Å². The fourth-order valence-electron chi connectivity index (χ4n) is 2.79. The third-order valence-electron chi connectivity index (χ3n) is 4.28. The second-order valence-corrected chi connectivity index (χ2v) is 7.27. The van der Waals surface area contributed by atoms with Crippen molar-refractivity contribution in [1.82, 2.24) is 9.97 Å². The number of hydrogen-bond acceptors (Lipinski definition) is 5. The molecule has 4 rings (SSSR count). The van der Waals surface area contributed by atoms with Gasteiger partial charge in [-0.1, -0.05) is 57.9 Å². The molecule has 0 aliphatic rings. The highest BCUT2D eigenvalue weighted by Crippen LogP contribution is 2.25. The number of aromatic nitrogens is 2. The lowest BCUT2D eigenvalue weighted by atomic mass is 10.1. The van der Waals surface area contributed by atoms with Gasteiger partial charge in [-0.25, -0.2) is 9.97 Å². The molecular weight excluding hydrogens is 416 g/mol. The fourth-order valence-corrected chi connectivity index (χ4v) is 3.16. The van der Waals surface area contributed by atoms with E-state index < -0.39 is 0 Å². The van der Waals surface area contributed by atoms with Gasteiger partial charge in [0.25, 0.3) is 0 Å². The summed E-state index contributed by atoms with van der Waals surface area (Å²) in [5.74, 6) is 1.38. The van der Waals surface area contributed by atoms with Gasteiger partial charge in [0.2, 0.25) is 0 Å². The molecule has 138 valence electrons. The van der Waals surface area contributed by atoms with Crippen LogP contribution in [0.2, 0.25) is 0 Å². The molecule has 0 aliphatic heterocycles. The molecule has 0 unspecified atom stereocenters. The van der Waals surface area contributed by atoms with E-state index in [0.29, 0.717) is 17.2 Å². The molecule has 1 heterocycles. The third-order valence-corrected chi connectivity index (χ3v) is 4.77. The predicted molar refractivity (Wildman–Crippen MR) is 117 cm³/mol. The molecule has 0 saturated heterocycles. The van der Waals surface area contributed by atoms with Gasteiger partial charge in [0.05, 0.1) is 11.7 Å². The summed E-state index contributed by atoms with van der Waals surface area (Å²) in [5.41, 5.74) is 6.54. The molecule has 1 aromatic heterocycles. The maximum atomic E-state index is 9.95. The van der Waals surface area contributed by atoms with Gasteiger partial charge >= 0.3 is 0 Å². The Bertz CT molecular complexity index is 1170. The number of benzene rings is 3. The van der Waals surface area contributed by atoms with E-state index in [0.717, 1.165) is 20.9 Å². The van der Waals surface area contributed by atoms with Crippen molar-refractivity contribution in [2.75, 3.05) is 5.43 Å². The van der Waals surface area contributed by atoms with Crippen LogP contribution >= 0.6 is 15.9 Å². The number of nitrogens with one attached hydrogen (secondary N) is 1. The standard InChI is InChI=1S/C22H17BrN4O/c1-14-6-8-15(9-7-14)21-25-19-5-3-2-4-18(19)22(26-21)27-24-13-16-12-17(23)10-11-20(16)28/h2-13,28H,1H3,(H,25,26,27)/b24-13+. The number of aryl methyl sites for hydroxylation is 1. The minimum atomic E-state index is 0.154. The van der Waals surface area contributed by atoms with Crippen molar-refractivity contribution in [2.45, 2.75) is 6.92 Å². The SMILES string of the molecule is Cc1ccc(-c2nc(N/N=C/c3cc(Br)ccc3O)c3ccccc3n2)cc1. The van der Waals surface area contributed by atoms with E-state index in [9.17, 15) is 5.11 Å². The Labute approximate surface area is 170 Å². The second-order valence-electron chi connectivity index (χ2n) is 6.35. The Kier molecular flexibility index (Phi) is 5.04. The van der Waals surface area contributed by atoms with Crippen molar-refractivity contribution < 1.29 is 5.11 Å². The number of nitrogens with zero attached hydrogens (tertiary/aromatic N) is 3. The molecule has 0 atom stereocenters. The molecule has 0 saturated carbocycles. The number of aromatic hydroxyl groups is 1. The number of hydrazone groups is 1. The zero-order valence-electron chi connectivity index (χ0n) is 15.1. The molecule has 2 N–H and O–H groups in total. The highest BCUT2D eigenvalue weighted by atomic mass is 79.9. The van der Waals surface area contributed by atoms with Gasteiger partial charge in [0.1, 0.15) is 5.75 Å². The van der Waals surface area contributed by atoms with E-state index in [4.69, 9.17) is 0 Å². The van der Waals surface area contributed by atoms with Gasteiger partial charge in [-0.3, -0.25) is 5.43 Å². The number of hydrogen-bond donors (Lipinski definition) is 2. The lowest BCUT2D eigenvalue weighted by molar-refractivity contribution is 0.474. The molecular formula is C22H17BrN4O. The first kappa shape index (κ1) is 18.1. The van der Waals surface area contributed by atoms with Crippen molar-refractivity contribution in [1.29, 1.82) is 0 Å². The van der Waals surface area contributed by atoms with E-state index in [1.807, 2.05) is 55.5 Å². The summed E-state index contributed by atoms with van der Waals surface area (Å²) >= 11 is 3.39. The minimum absolute atomic E-state index is 0.154. The molecule has 0 aliphatic carbocycles. The summed E-state index contributed by atoms with van der Waals surface area (Å²) in [6.07, 6.45) is 1.56. The summed E-state index contributed by atoms with van der Waals surface area (Å²) in [4.78, 5) is 9.34. The van der Waals surface area contributed by atoms with E-state index in [1.165, 1.54) is 5.56 Å². The van der Waals surface area contributed by atoms with Crippen LogP contribution in [0.25, 0.3) is 22.3 Å². The van der Waals surface area contributed by atoms with Crippen molar-refractivity contribution in [3.05, 3.63) is 82.3 Å². The maximum absolute atomic E-state index is 9.95. The smallest absolute Gasteiger partial charge is 0.162 e. The number of halogens is 1. The first-order valence-corrected chi connectivity index (χ1v) is 9.51. The van der Waals surface area contributed by atoms with Crippen LogP contribution in [0.15, 0.2) is 76.3 Å². The van der Waals surface area contributed by atoms with Crippen molar-refractivity contribution in [2.24, 2.45) is 5.10 Å². The Hall–Kier alpha value is -3.25. The van der Waals surface area contributed by atoms with Crippen molar-refractivity contribution in [3.8, 4) is 17.1 Å². The maximum Gasteiger partial charge on any atom is 0.162 e. The largest absolute Gasteiger partial charge is 0.507 e. The number of fused-ring (bicyclic) bond motifs is 1. The van der Waals surface area contributed by atoms with Crippen LogP contribution in [-0.4, -0.2) is 21.3 Å². The van der Waals surface area contributed by atoms with E-state index in [-0.39, 0.29) is 5.75 Å². The van der Waals surface area contributed by atoms with Gasteiger partial charge in [-0.2, -0.15) is 5.10 Å². The third kappa shape index (κ3) is 3.87. The molecule has 0 bridgehead atoms. The topological polar surface area (TPSA) is 70.4 Å². The molecule has 0 radical (unpaired) electrons. The Balaban J connectivity index is 1.72. The normalized spacial score (nSPS) is 11.2. The summed E-state index contributed by atoms with van der Waals surface area (Å²) in [6, 6.07) is 21.0. The average Bonchev–Trinajstić information content (AvgIpc) is 2.71. The molecule has 0 spiro atoms. The number of phenols is 1. The number of phenolic OH excluding ortho intramolecular Hbond substituents is 1. The number of anilines is 1. The fraction of sp³-hybridized carbons (Fsp3) is 0.0455. The van der Waals surface area contributed by atoms with E-state index in [1.54, 1.807) is 24.4 Å². The Morgan fingerprint density at radius 3 is 2.61 bits per heavy atom. The molecule has 6 heteroatoms. The monoisotopic (exact) mass is 432 g/mol. The minimum Gasteiger partial charge on any atom is -0.507 e. The summed E-state index contributed by atoms with van der Waals surface area (Å²) in [7, 11) is 0. The molecule has 3 aromatic carbocycles. The van der Waals surface area contributed by atoms with Crippen LogP contribution in [0, 0.1) is 6.92 Å². The van der Waals surface area contributed by atoms with Crippen LogP contribution in [0.5, 0.6) is 5.75 Å². The zero-order valence-corrected chi connectivity index (χ0v) is 16.7. The molecule has 28 heavy (non-hydrogen) atoms. The highest BCUT2D eigenvalue weighted by molar-refractivity contribution is 9.10. The van der Waals surface area contributed by atoms with Crippen LogP contribution in [0.4, 0.5) is 5.82 Å². The second kappa shape index (κ2) is 7.78. The Morgan fingerprint density at radius 2 is 1.79 bits per heavy atom. The molecule has 5 nitrogen and oxygen atoms in total. The average molecular weight is 433 g/mol. The Morgan fingerprint density at radius 1 is 1.00 bits per heavy atom.